The van der Waals surface area contributed by atoms with Crippen molar-refractivity contribution < 1.29 is 64.2 Å². The minimum absolute atomic E-state index is 0.0859. The number of aliphatic hydroxyl groups excluding tert-OH is 7. The van der Waals surface area contributed by atoms with Gasteiger partial charge in [0, 0.05) is 12.3 Å². The summed E-state index contributed by atoms with van der Waals surface area (Å²) in [7, 11) is 0. The van der Waals surface area contributed by atoms with E-state index in [0.717, 1.165) is 51.6 Å². The Morgan fingerprint density at radius 3 is 2.21 bits per heavy atom. The van der Waals surface area contributed by atoms with Crippen LogP contribution in [0, 0.1) is 52.3 Å². The van der Waals surface area contributed by atoms with Gasteiger partial charge in [0.2, 0.25) is 0 Å². The maximum atomic E-state index is 11.8. The van der Waals surface area contributed by atoms with Crippen molar-refractivity contribution in [3.63, 3.8) is 0 Å². The quantitative estimate of drug-likeness (QED) is 0.200. The van der Waals surface area contributed by atoms with Crippen LogP contribution in [-0.4, -0.2) is 134 Å². The summed E-state index contributed by atoms with van der Waals surface area (Å²) in [6, 6.07) is 0. The SMILES string of the molecule is C[C@@H]1CC[C@@]2(OC1)OC1CC3C4CC[C@H]5C[C@@H](O[C@@H]6O[C@H](CO)[C@H](O)[C@H](O)[C@H]6O[C@@H]6O[C@@H](C)[C@H](O)[C@@H](O)[C@H]6O)[C@H](O)C[C@]5(C)C4CC[C@]3(C)C1[C@@H]2C. The van der Waals surface area contributed by atoms with Crippen LogP contribution in [0.3, 0.4) is 0 Å². The molecule has 0 bridgehead atoms. The zero-order valence-corrected chi connectivity index (χ0v) is 31.4. The van der Waals surface area contributed by atoms with Gasteiger partial charge < -0.3 is 64.2 Å². The molecule has 4 saturated heterocycles. The van der Waals surface area contributed by atoms with E-state index in [0.29, 0.717) is 48.3 Å². The number of fused-ring (bicyclic) bond motifs is 7. The molecule has 4 heterocycles. The fraction of sp³-hybridized carbons (Fsp3) is 1.00. The molecule has 0 aromatic heterocycles. The van der Waals surface area contributed by atoms with Gasteiger partial charge >= 0.3 is 0 Å². The highest BCUT2D eigenvalue weighted by atomic mass is 16.8. The van der Waals surface area contributed by atoms with E-state index in [1.807, 2.05) is 0 Å². The fourth-order valence-corrected chi connectivity index (χ4v) is 13.2. The number of aliphatic hydroxyl groups is 7. The Morgan fingerprint density at radius 2 is 1.50 bits per heavy atom. The molecule has 4 aliphatic carbocycles. The van der Waals surface area contributed by atoms with Crippen molar-refractivity contribution in [2.75, 3.05) is 13.2 Å². The maximum Gasteiger partial charge on any atom is 0.187 e. The zero-order chi connectivity index (χ0) is 37.1. The minimum atomic E-state index is -1.65. The van der Waals surface area contributed by atoms with Crippen molar-refractivity contribution in [1.82, 2.24) is 0 Å². The first-order chi connectivity index (χ1) is 24.6. The van der Waals surface area contributed by atoms with Gasteiger partial charge in [-0.25, -0.2) is 0 Å². The van der Waals surface area contributed by atoms with Gasteiger partial charge in [0.1, 0.15) is 42.7 Å². The monoisotopic (exact) mass is 740 g/mol. The van der Waals surface area contributed by atoms with Gasteiger partial charge in [0.05, 0.1) is 37.6 Å². The van der Waals surface area contributed by atoms with E-state index in [-0.39, 0.29) is 22.9 Å². The standard InChI is InChI=1S/C39H64O13/c1-17-8-11-39(47-16-17)18(2)28-26(52-39)13-23-21-7-6-20-12-25(24(41)14-38(20,5)22(21)9-10-37(23,28)4)49-36-34(32(45)30(43)27(15-40)50-36)51-35-33(46)31(44)29(42)19(3)48-35/h17-36,40-46H,6-16H2,1-5H3/t17-,18+,19+,20+,21?,22?,23?,24-,25-,26?,27-,28?,29+,30+,31-,32+,33-,34-,35+,36-,37+,38+,39-/m1/s1. The lowest BCUT2D eigenvalue weighted by molar-refractivity contribution is -0.374. The van der Waals surface area contributed by atoms with Gasteiger partial charge in [-0.05, 0) is 105 Å². The smallest absolute Gasteiger partial charge is 0.187 e. The number of rotatable bonds is 5. The van der Waals surface area contributed by atoms with Crippen molar-refractivity contribution in [2.24, 2.45) is 52.3 Å². The molecule has 4 saturated carbocycles. The third-order valence-corrected chi connectivity index (χ3v) is 16.2. The molecule has 298 valence electrons. The molecule has 8 aliphatic rings. The number of hydrogen-bond acceptors (Lipinski definition) is 13. The first-order valence-corrected chi connectivity index (χ1v) is 20.2. The minimum Gasteiger partial charge on any atom is -0.394 e. The molecule has 8 fully saturated rings. The Hall–Kier alpha value is -0.520. The van der Waals surface area contributed by atoms with Crippen molar-refractivity contribution >= 4 is 0 Å². The molecule has 5 unspecified atom stereocenters. The van der Waals surface area contributed by atoms with Crippen LogP contribution < -0.4 is 0 Å². The lowest BCUT2D eigenvalue weighted by Gasteiger charge is -2.62. The van der Waals surface area contributed by atoms with E-state index < -0.39 is 86.0 Å². The Balaban J connectivity index is 0.962. The van der Waals surface area contributed by atoms with Crippen LogP contribution in [-0.2, 0) is 28.4 Å². The Labute approximate surface area is 307 Å². The number of ether oxygens (including phenoxy) is 6. The Bertz CT molecular complexity index is 1280. The van der Waals surface area contributed by atoms with Crippen LogP contribution in [0.1, 0.15) is 92.4 Å². The van der Waals surface area contributed by atoms with Crippen LogP contribution in [0.4, 0.5) is 0 Å². The van der Waals surface area contributed by atoms with Crippen molar-refractivity contribution in [3.05, 3.63) is 0 Å². The third-order valence-electron chi connectivity index (χ3n) is 16.2. The van der Waals surface area contributed by atoms with Crippen LogP contribution in [0.25, 0.3) is 0 Å². The maximum absolute atomic E-state index is 11.8. The van der Waals surface area contributed by atoms with E-state index in [2.05, 4.69) is 27.7 Å². The summed E-state index contributed by atoms with van der Waals surface area (Å²) in [5.41, 5.74) is 0.115. The average Bonchev–Trinajstić information content (AvgIpc) is 3.56. The highest BCUT2D eigenvalue weighted by Gasteiger charge is 2.69. The van der Waals surface area contributed by atoms with Crippen LogP contribution >= 0.6 is 0 Å². The van der Waals surface area contributed by atoms with Crippen molar-refractivity contribution in [1.29, 1.82) is 0 Å². The Morgan fingerprint density at radius 1 is 0.731 bits per heavy atom. The Kier molecular flexibility index (Phi) is 10.2. The third kappa shape index (κ3) is 5.89. The summed E-state index contributed by atoms with van der Waals surface area (Å²) in [5, 5.41) is 74.8. The van der Waals surface area contributed by atoms with Gasteiger partial charge in [-0.1, -0.05) is 27.7 Å². The normalized spacial score (nSPS) is 60.5. The van der Waals surface area contributed by atoms with Gasteiger partial charge in [-0.3, -0.25) is 0 Å². The first kappa shape index (κ1) is 38.4. The highest BCUT2D eigenvalue weighted by molar-refractivity contribution is 5.16. The summed E-state index contributed by atoms with van der Waals surface area (Å²) in [4.78, 5) is 0. The summed E-state index contributed by atoms with van der Waals surface area (Å²) in [6.07, 6.45) is -6.51. The lowest BCUT2D eigenvalue weighted by Crippen LogP contribution is -2.65. The molecule has 7 N–H and O–H groups in total. The highest BCUT2D eigenvalue weighted by Crippen LogP contribution is 2.71. The van der Waals surface area contributed by atoms with Crippen LogP contribution in [0.5, 0.6) is 0 Å². The van der Waals surface area contributed by atoms with Gasteiger partial charge in [-0.15, -0.1) is 0 Å². The molecule has 4 aliphatic heterocycles. The summed E-state index contributed by atoms with van der Waals surface area (Å²) in [6.45, 7) is 11.2. The largest absolute Gasteiger partial charge is 0.394 e. The van der Waals surface area contributed by atoms with E-state index in [9.17, 15) is 35.7 Å². The molecule has 0 amide bonds. The second kappa shape index (κ2) is 13.8. The molecule has 0 radical (unpaired) electrons. The zero-order valence-electron chi connectivity index (χ0n) is 31.4. The van der Waals surface area contributed by atoms with E-state index in [4.69, 9.17) is 28.4 Å². The van der Waals surface area contributed by atoms with E-state index >= 15 is 0 Å². The predicted molar refractivity (Wildman–Crippen MR) is 183 cm³/mol. The van der Waals surface area contributed by atoms with Gasteiger partial charge in [0.25, 0.3) is 0 Å². The topological polar surface area (TPSA) is 197 Å². The molecular weight excluding hydrogens is 676 g/mol. The second-order valence-electron chi connectivity index (χ2n) is 18.8. The fourth-order valence-electron chi connectivity index (χ4n) is 13.2. The first-order valence-electron chi connectivity index (χ1n) is 20.2. The van der Waals surface area contributed by atoms with Gasteiger partial charge in [-0.2, -0.15) is 0 Å². The summed E-state index contributed by atoms with van der Waals surface area (Å²) in [5.74, 6) is 2.91. The van der Waals surface area contributed by atoms with E-state index in [1.165, 1.54) is 6.92 Å². The summed E-state index contributed by atoms with van der Waals surface area (Å²) >= 11 is 0. The molecule has 23 atom stereocenters. The molecular formula is C39H64O13. The molecule has 52 heavy (non-hydrogen) atoms. The molecule has 0 aromatic carbocycles. The second-order valence-corrected chi connectivity index (χ2v) is 18.8. The van der Waals surface area contributed by atoms with E-state index in [1.54, 1.807) is 0 Å². The molecule has 0 aromatic rings. The van der Waals surface area contributed by atoms with Crippen molar-refractivity contribution in [3.8, 4) is 0 Å². The predicted octanol–water partition coefficient (Wildman–Crippen LogP) is 1.44. The molecule has 8 rings (SSSR count). The van der Waals surface area contributed by atoms with Crippen LogP contribution in [0.2, 0.25) is 0 Å². The van der Waals surface area contributed by atoms with Gasteiger partial charge in [0.15, 0.2) is 18.4 Å². The number of hydrogen-bond donors (Lipinski definition) is 7. The molecule has 13 nitrogen and oxygen atoms in total. The lowest BCUT2D eigenvalue weighted by atomic mass is 9.44. The molecule has 1 spiro atoms. The molecule has 13 heteroatoms. The van der Waals surface area contributed by atoms with Crippen molar-refractivity contribution in [2.45, 2.75) is 178 Å². The van der Waals surface area contributed by atoms with Crippen LogP contribution in [0.15, 0.2) is 0 Å². The average molecular weight is 741 g/mol. The summed E-state index contributed by atoms with van der Waals surface area (Å²) < 4.78 is 37.4.